The molecule has 5 aliphatic carbocycles. The summed E-state index contributed by atoms with van der Waals surface area (Å²) in [6, 6.07) is 0. The summed E-state index contributed by atoms with van der Waals surface area (Å²) in [6.07, 6.45) is 20.7. The summed E-state index contributed by atoms with van der Waals surface area (Å²) >= 11 is 0. The van der Waals surface area contributed by atoms with Crippen LogP contribution in [-0.4, -0.2) is 24.9 Å². The summed E-state index contributed by atoms with van der Waals surface area (Å²) < 4.78 is 13.3. The standard InChI is InChI=1S/C35H58O2/c1-7-25(8-2)14-18-36-28-12-15-33(5)27(20-28)9-10-29-30(33)13-16-34(6)31(29)19-26-21-35(24(4)32(26)34)17-11-23(3)22-37-35/h9,23-26,28-32H,7-8,10-22H2,1-6H3/t23-,24+,26?,28?,29?,30?,31?,32+,33+,34+,35-/m1/s1. The molecule has 0 amide bonds. The van der Waals surface area contributed by atoms with E-state index in [4.69, 9.17) is 9.47 Å². The van der Waals surface area contributed by atoms with E-state index in [0.717, 1.165) is 60.6 Å². The monoisotopic (exact) mass is 510 g/mol. The Bertz CT molecular complexity index is 849. The molecule has 11 atom stereocenters. The lowest BCUT2D eigenvalue weighted by Crippen LogP contribution is -2.52. The first-order chi connectivity index (χ1) is 17.7. The Labute approximate surface area is 229 Å². The van der Waals surface area contributed by atoms with E-state index in [2.05, 4.69) is 47.6 Å². The molecule has 210 valence electrons. The maximum atomic E-state index is 6.75. The maximum absolute atomic E-state index is 6.75. The van der Waals surface area contributed by atoms with Crippen molar-refractivity contribution in [2.75, 3.05) is 13.2 Å². The molecule has 1 saturated heterocycles. The molecule has 0 aromatic carbocycles. The zero-order valence-corrected chi connectivity index (χ0v) is 25.2. The first-order valence-corrected chi connectivity index (χ1v) is 16.7. The van der Waals surface area contributed by atoms with E-state index >= 15 is 0 Å². The molecule has 4 saturated carbocycles. The molecule has 1 heterocycles. The minimum Gasteiger partial charge on any atom is -0.378 e. The van der Waals surface area contributed by atoms with Crippen molar-refractivity contribution >= 4 is 0 Å². The minimum absolute atomic E-state index is 0.213. The minimum atomic E-state index is 0.213. The van der Waals surface area contributed by atoms with E-state index in [-0.39, 0.29) is 5.60 Å². The second-order valence-corrected chi connectivity index (χ2v) is 15.5. The van der Waals surface area contributed by atoms with Gasteiger partial charge in [0.25, 0.3) is 0 Å². The summed E-state index contributed by atoms with van der Waals surface area (Å²) in [7, 11) is 0. The molecule has 0 aromatic heterocycles. The van der Waals surface area contributed by atoms with Gasteiger partial charge in [-0.25, -0.2) is 0 Å². The Morgan fingerprint density at radius 3 is 2.57 bits per heavy atom. The molecule has 1 aliphatic heterocycles. The second-order valence-electron chi connectivity index (χ2n) is 15.5. The molecule has 2 nitrogen and oxygen atoms in total. The summed E-state index contributed by atoms with van der Waals surface area (Å²) in [5.74, 6) is 6.91. The van der Waals surface area contributed by atoms with Crippen LogP contribution in [0.4, 0.5) is 0 Å². The zero-order valence-electron chi connectivity index (χ0n) is 25.2. The molecule has 1 spiro atoms. The highest BCUT2D eigenvalue weighted by atomic mass is 16.5. The Morgan fingerprint density at radius 1 is 1.03 bits per heavy atom. The van der Waals surface area contributed by atoms with Crippen LogP contribution in [0.3, 0.4) is 0 Å². The normalized spacial score (nSPS) is 50.9. The van der Waals surface area contributed by atoms with Crippen LogP contribution in [0.25, 0.3) is 0 Å². The lowest BCUT2D eigenvalue weighted by molar-refractivity contribution is -0.138. The Balaban J connectivity index is 1.14. The van der Waals surface area contributed by atoms with Crippen LogP contribution in [0, 0.1) is 58.2 Å². The number of allylic oxidation sites excluding steroid dienone is 1. The van der Waals surface area contributed by atoms with Gasteiger partial charge in [0, 0.05) is 13.2 Å². The first kappa shape index (κ1) is 26.9. The summed E-state index contributed by atoms with van der Waals surface area (Å²) in [4.78, 5) is 0. The molecule has 0 bridgehead atoms. The van der Waals surface area contributed by atoms with Crippen molar-refractivity contribution in [3.63, 3.8) is 0 Å². The largest absolute Gasteiger partial charge is 0.378 e. The molecule has 5 fully saturated rings. The summed E-state index contributed by atoms with van der Waals surface area (Å²) in [6.45, 7) is 17.0. The molecule has 6 aliphatic rings. The van der Waals surface area contributed by atoms with Gasteiger partial charge in [-0.15, -0.1) is 0 Å². The van der Waals surface area contributed by atoms with E-state index in [9.17, 15) is 0 Å². The number of rotatable bonds is 6. The third-order valence-corrected chi connectivity index (χ3v) is 14.0. The predicted molar refractivity (Wildman–Crippen MR) is 153 cm³/mol. The highest BCUT2D eigenvalue weighted by molar-refractivity contribution is 5.26. The molecule has 6 rings (SSSR count). The van der Waals surface area contributed by atoms with Gasteiger partial charge in [-0.2, -0.15) is 0 Å². The fraction of sp³-hybridized carbons (Fsp3) is 0.943. The maximum Gasteiger partial charge on any atom is 0.0713 e. The van der Waals surface area contributed by atoms with Crippen molar-refractivity contribution in [1.29, 1.82) is 0 Å². The van der Waals surface area contributed by atoms with E-state index in [1.807, 2.05) is 0 Å². The zero-order chi connectivity index (χ0) is 26.0. The van der Waals surface area contributed by atoms with Crippen molar-refractivity contribution in [1.82, 2.24) is 0 Å². The van der Waals surface area contributed by atoms with E-state index in [0.29, 0.717) is 16.9 Å². The molecule has 5 unspecified atom stereocenters. The molecular weight excluding hydrogens is 452 g/mol. The van der Waals surface area contributed by atoms with Crippen LogP contribution in [0.15, 0.2) is 11.6 Å². The third-order valence-electron chi connectivity index (χ3n) is 14.0. The van der Waals surface area contributed by atoms with Gasteiger partial charge in [0.2, 0.25) is 0 Å². The van der Waals surface area contributed by atoms with Crippen LogP contribution in [0.2, 0.25) is 0 Å². The average molecular weight is 511 g/mol. The first-order valence-electron chi connectivity index (χ1n) is 16.7. The van der Waals surface area contributed by atoms with Gasteiger partial charge in [0.15, 0.2) is 0 Å². The molecule has 0 aromatic rings. The van der Waals surface area contributed by atoms with Crippen molar-refractivity contribution in [2.24, 2.45) is 58.2 Å². The van der Waals surface area contributed by atoms with Crippen molar-refractivity contribution in [2.45, 2.75) is 137 Å². The molecule has 37 heavy (non-hydrogen) atoms. The van der Waals surface area contributed by atoms with Crippen LogP contribution >= 0.6 is 0 Å². The lowest BCUT2D eigenvalue weighted by atomic mass is 9.46. The van der Waals surface area contributed by atoms with Crippen molar-refractivity contribution < 1.29 is 9.47 Å². The van der Waals surface area contributed by atoms with Crippen LogP contribution < -0.4 is 0 Å². The van der Waals surface area contributed by atoms with E-state index in [1.54, 1.807) is 5.57 Å². The number of hydrogen-bond acceptors (Lipinski definition) is 2. The quantitative estimate of drug-likeness (QED) is 0.332. The van der Waals surface area contributed by atoms with Gasteiger partial charge in [0.1, 0.15) is 0 Å². The molecular formula is C35H58O2. The topological polar surface area (TPSA) is 18.5 Å². The third kappa shape index (κ3) is 4.24. The van der Waals surface area contributed by atoms with Crippen LogP contribution in [0.5, 0.6) is 0 Å². The van der Waals surface area contributed by atoms with Crippen molar-refractivity contribution in [3.05, 3.63) is 11.6 Å². The Morgan fingerprint density at radius 2 is 1.84 bits per heavy atom. The van der Waals surface area contributed by atoms with Gasteiger partial charge < -0.3 is 9.47 Å². The highest BCUT2D eigenvalue weighted by Crippen LogP contribution is 2.72. The van der Waals surface area contributed by atoms with E-state index < -0.39 is 0 Å². The fourth-order valence-corrected chi connectivity index (χ4v) is 11.7. The van der Waals surface area contributed by atoms with Gasteiger partial charge in [0.05, 0.1) is 11.7 Å². The SMILES string of the molecule is CCC(CC)CCOC1CC[C@@]2(C)C(=CCC3C2CC[C@@]2(C)C3CC3C[C@]4(CC[C@@H](C)CO4)[C@@H](C)[C@@H]32)C1. The Hall–Kier alpha value is -0.340. The van der Waals surface area contributed by atoms with Gasteiger partial charge in [-0.05, 0) is 129 Å². The summed E-state index contributed by atoms with van der Waals surface area (Å²) in [5.41, 5.74) is 2.97. The lowest BCUT2D eigenvalue weighted by Gasteiger charge is -2.59. The number of ether oxygens (including phenoxy) is 2. The fourth-order valence-electron chi connectivity index (χ4n) is 11.7. The molecule has 2 heteroatoms. The Kier molecular flexibility index (Phi) is 7.21. The number of hydrogen-bond donors (Lipinski definition) is 0. The second kappa shape index (κ2) is 9.94. The summed E-state index contributed by atoms with van der Waals surface area (Å²) in [5, 5.41) is 0. The molecule has 0 radical (unpaired) electrons. The van der Waals surface area contributed by atoms with Crippen LogP contribution in [0.1, 0.15) is 125 Å². The van der Waals surface area contributed by atoms with Gasteiger partial charge in [-0.3, -0.25) is 0 Å². The van der Waals surface area contributed by atoms with Gasteiger partial charge in [-0.1, -0.05) is 66.0 Å². The van der Waals surface area contributed by atoms with E-state index in [1.165, 1.54) is 83.5 Å². The van der Waals surface area contributed by atoms with Crippen molar-refractivity contribution in [3.8, 4) is 0 Å². The predicted octanol–water partition coefficient (Wildman–Crippen LogP) is 9.23. The van der Waals surface area contributed by atoms with Gasteiger partial charge >= 0.3 is 0 Å². The smallest absolute Gasteiger partial charge is 0.0713 e. The average Bonchev–Trinajstić information content (AvgIpc) is 3.34. The number of fused-ring (bicyclic) bond motifs is 7. The highest BCUT2D eigenvalue weighted by Gasteiger charge is 2.67. The van der Waals surface area contributed by atoms with Crippen LogP contribution in [-0.2, 0) is 9.47 Å². The molecule has 0 N–H and O–H groups in total.